The van der Waals surface area contributed by atoms with Gasteiger partial charge >= 0.3 is 0 Å². The first-order valence-corrected chi connectivity index (χ1v) is 6.71. The summed E-state index contributed by atoms with van der Waals surface area (Å²) in [5.41, 5.74) is 1.82. The van der Waals surface area contributed by atoms with Gasteiger partial charge in [-0.05, 0) is 36.4 Å². The quantitative estimate of drug-likeness (QED) is 0.779. The SMILES string of the molecule is O=C(Cc1coc2ccc(F)cc12)Nc1cccc(Cl)c1. The molecule has 0 unspecified atom stereocenters. The van der Waals surface area contributed by atoms with E-state index >= 15 is 0 Å². The summed E-state index contributed by atoms with van der Waals surface area (Å²) in [7, 11) is 0. The summed E-state index contributed by atoms with van der Waals surface area (Å²) < 4.78 is 18.6. The smallest absolute Gasteiger partial charge is 0.228 e. The van der Waals surface area contributed by atoms with E-state index in [-0.39, 0.29) is 18.1 Å². The molecule has 2 aromatic carbocycles. The number of anilines is 1. The molecule has 0 saturated carbocycles. The van der Waals surface area contributed by atoms with Crippen LogP contribution in [0.15, 0.2) is 53.1 Å². The van der Waals surface area contributed by atoms with Gasteiger partial charge in [-0.1, -0.05) is 17.7 Å². The lowest BCUT2D eigenvalue weighted by Gasteiger charge is -2.04. The molecule has 21 heavy (non-hydrogen) atoms. The number of halogens is 2. The molecule has 0 bridgehead atoms. The van der Waals surface area contributed by atoms with Gasteiger partial charge in [0.05, 0.1) is 12.7 Å². The molecule has 0 radical (unpaired) electrons. The molecule has 1 N–H and O–H groups in total. The number of carbonyl (C=O) groups is 1. The highest BCUT2D eigenvalue weighted by Crippen LogP contribution is 2.23. The molecular weight excluding hydrogens is 293 g/mol. The summed E-state index contributed by atoms with van der Waals surface area (Å²) in [6, 6.07) is 11.1. The molecule has 0 aliphatic heterocycles. The molecule has 1 aromatic heterocycles. The Morgan fingerprint density at radius 2 is 2.10 bits per heavy atom. The molecule has 106 valence electrons. The van der Waals surface area contributed by atoms with Gasteiger partial charge in [0.1, 0.15) is 11.4 Å². The molecule has 0 aliphatic rings. The predicted molar refractivity (Wildman–Crippen MR) is 80.0 cm³/mol. The number of nitrogens with one attached hydrogen (secondary N) is 1. The second-order valence-electron chi connectivity index (χ2n) is 4.64. The average Bonchev–Trinajstić information content (AvgIpc) is 2.81. The average molecular weight is 304 g/mol. The molecule has 1 heterocycles. The fraction of sp³-hybridized carbons (Fsp3) is 0.0625. The van der Waals surface area contributed by atoms with Crippen LogP contribution in [0, 0.1) is 5.82 Å². The van der Waals surface area contributed by atoms with Crippen molar-refractivity contribution in [1.82, 2.24) is 0 Å². The zero-order chi connectivity index (χ0) is 14.8. The van der Waals surface area contributed by atoms with E-state index < -0.39 is 0 Å². The van der Waals surface area contributed by atoms with Crippen LogP contribution in [-0.2, 0) is 11.2 Å². The van der Waals surface area contributed by atoms with Gasteiger partial charge in [0.15, 0.2) is 0 Å². The third kappa shape index (κ3) is 3.06. The molecule has 0 fully saturated rings. The topological polar surface area (TPSA) is 42.2 Å². The van der Waals surface area contributed by atoms with E-state index in [4.69, 9.17) is 16.0 Å². The molecule has 0 spiro atoms. The number of rotatable bonds is 3. The van der Waals surface area contributed by atoms with Crippen LogP contribution in [0.25, 0.3) is 11.0 Å². The molecule has 3 aromatic rings. The highest BCUT2D eigenvalue weighted by Gasteiger charge is 2.11. The van der Waals surface area contributed by atoms with Gasteiger partial charge in [-0.2, -0.15) is 0 Å². The maximum atomic E-state index is 13.3. The number of carbonyl (C=O) groups excluding carboxylic acids is 1. The van der Waals surface area contributed by atoms with Gasteiger partial charge in [-0.25, -0.2) is 4.39 Å². The Hall–Kier alpha value is -2.33. The summed E-state index contributed by atoms with van der Waals surface area (Å²) in [5.74, 6) is -0.579. The molecule has 3 nitrogen and oxygen atoms in total. The lowest BCUT2D eigenvalue weighted by Crippen LogP contribution is -2.14. The Balaban J connectivity index is 1.79. The van der Waals surface area contributed by atoms with Crippen LogP contribution in [0.1, 0.15) is 5.56 Å². The van der Waals surface area contributed by atoms with Gasteiger partial charge in [0, 0.05) is 21.7 Å². The Morgan fingerprint density at radius 3 is 2.90 bits per heavy atom. The molecule has 0 saturated heterocycles. The fourth-order valence-electron chi connectivity index (χ4n) is 2.14. The number of amides is 1. The summed E-state index contributed by atoms with van der Waals surface area (Å²) in [6.45, 7) is 0. The molecule has 0 aliphatic carbocycles. The molecule has 0 atom stereocenters. The van der Waals surface area contributed by atoms with Gasteiger partial charge in [-0.3, -0.25) is 4.79 Å². The zero-order valence-corrected chi connectivity index (χ0v) is 11.7. The van der Waals surface area contributed by atoms with E-state index in [1.54, 1.807) is 30.3 Å². The first kappa shape index (κ1) is 13.6. The van der Waals surface area contributed by atoms with Crippen LogP contribution in [0.2, 0.25) is 5.02 Å². The first-order valence-electron chi connectivity index (χ1n) is 6.33. The normalized spacial score (nSPS) is 10.8. The predicted octanol–water partition coefficient (Wildman–Crippen LogP) is 4.41. The second-order valence-corrected chi connectivity index (χ2v) is 5.07. The standard InChI is InChI=1S/C16H11ClFNO2/c17-11-2-1-3-13(7-11)19-16(20)6-10-9-21-15-5-4-12(18)8-14(10)15/h1-5,7-9H,6H2,(H,19,20). The number of fused-ring (bicyclic) bond motifs is 1. The van der Waals surface area contributed by atoms with Crippen molar-refractivity contribution < 1.29 is 13.6 Å². The number of hydrogen-bond donors (Lipinski definition) is 1. The summed E-state index contributed by atoms with van der Waals surface area (Å²) in [4.78, 5) is 12.0. The van der Waals surface area contributed by atoms with Crippen molar-refractivity contribution >= 4 is 34.2 Å². The van der Waals surface area contributed by atoms with Crippen molar-refractivity contribution in [2.45, 2.75) is 6.42 Å². The van der Waals surface area contributed by atoms with Crippen molar-refractivity contribution in [1.29, 1.82) is 0 Å². The first-order chi connectivity index (χ1) is 10.1. The summed E-state index contributed by atoms with van der Waals surface area (Å²) >= 11 is 5.86. The van der Waals surface area contributed by atoms with E-state index in [0.29, 0.717) is 27.2 Å². The largest absolute Gasteiger partial charge is 0.464 e. The number of furan rings is 1. The van der Waals surface area contributed by atoms with Gasteiger partial charge < -0.3 is 9.73 Å². The second kappa shape index (κ2) is 5.58. The van der Waals surface area contributed by atoms with Gasteiger partial charge in [0.25, 0.3) is 0 Å². The lowest BCUT2D eigenvalue weighted by molar-refractivity contribution is -0.115. The molecular formula is C16H11ClFNO2. The Bertz CT molecular complexity index is 813. The van der Waals surface area contributed by atoms with Gasteiger partial charge in [-0.15, -0.1) is 0 Å². The summed E-state index contributed by atoms with van der Waals surface area (Å²) in [6.07, 6.45) is 1.57. The number of hydrogen-bond acceptors (Lipinski definition) is 2. The van der Waals surface area contributed by atoms with Crippen LogP contribution >= 0.6 is 11.6 Å². The highest BCUT2D eigenvalue weighted by atomic mass is 35.5. The Morgan fingerprint density at radius 1 is 1.24 bits per heavy atom. The monoisotopic (exact) mass is 303 g/mol. The maximum Gasteiger partial charge on any atom is 0.228 e. The van der Waals surface area contributed by atoms with Crippen LogP contribution in [0.3, 0.4) is 0 Å². The van der Waals surface area contributed by atoms with Crippen molar-refractivity contribution in [3.63, 3.8) is 0 Å². The van der Waals surface area contributed by atoms with E-state index in [2.05, 4.69) is 5.32 Å². The molecule has 1 amide bonds. The highest BCUT2D eigenvalue weighted by molar-refractivity contribution is 6.30. The third-order valence-electron chi connectivity index (χ3n) is 3.08. The minimum absolute atomic E-state index is 0.100. The van der Waals surface area contributed by atoms with E-state index in [9.17, 15) is 9.18 Å². The zero-order valence-electron chi connectivity index (χ0n) is 10.9. The molecule has 5 heteroatoms. The maximum absolute atomic E-state index is 13.3. The van der Waals surface area contributed by atoms with Crippen molar-refractivity contribution in [3.8, 4) is 0 Å². The van der Waals surface area contributed by atoms with E-state index in [1.807, 2.05) is 0 Å². The van der Waals surface area contributed by atoms with Gasteiger partial charge in [0.2, 0.25) is 5.91 Å². The fourth-order valence-corrected chi connectivity index (χ4v) is 2.33. The van der Waals surface area contributed by atoms with Crippen molar-refractivity contribution in [3.05, 3.63) is 65.1 Å². The van der Waals surface area contributed by atoms with Crippen LogP contribution < -0.4 is 5.32 Å². The lowest BCUT2D eigenvalue weighted by atomic mass is 10.1. The van der Waals surface area contributed by atoms with E-state index in [1.165, 1.54) is 18.4 Å². The van der Waals surface area contributed by atoms with Crippen molar-refractivity contribution in [2.24, 2.45) is 0 Å². The summed E-state index contributed by atoms with van der Waals surface area (Å²) in [5, 5.41) is 3.89. The van der Waals surface area contributed by atoms with Crippen LogP contribution in [0.4, 0.5) is 10.1 Å². The number of benzene rings is 2. The third-order valence-corrected chi connectivity index (χ3v) is 3.31. The Labute approximate surface area is 125 Å². The van der Waals surface area contributed by atoms with Crippen LogP contribution in [-0.4, -0.2) is 5.91 Å². The minimum atomic E-state index is -0.361. The van der Waals surface area contributed by atoms with E-state index in [0.717, 1.165) is 0 Å². The van der Waals surface area contributed by atoms with Crippen LogP contribution in [0.5, 0.6) is 0 Å². The van der Waals surface area contributed by atoms with Crippen molar-refractivity contribution in [2.75, 3.05) is 5.32 Å². The Kier molecular flexibility index (Phi) is 3.62. The minimum Gasteiger partial charge on any atom is -0.464 e. The molecule has 3 rings (SSSR count).